The number of rotatable bonds is 5. The lowest BCUT2D eigenvalue weighted by atomic mass is 10.0. The van der Waals surface area contributed by atoms with Crippen LogP contribution < -0.4 is 15.5 Å². The summed E-state index contributed by atoms with van der Waals surface area (Å²) in [5.74, 6) is 1.62. The predicted octanol–water partition coefficient (Wildman–Crippen LogP) is 3.39. The van der Waals surface area contributed by atoms with Gasteiger partial charge in [-0.15, -0.1) is 0 Å². The number of nitrogens with one attached hydrogen (secondary N) is 2. The molecule has 2 atom stereocenters. The molecular weight excluding hydrogens is 380 g/mol. The maximum absolute atomic E-state index is 11.7. The Morgan fingerprint density at radius 3 is 2.73 bits per heavy atom. The van der Waals surface area contributed by atoms with Crippen LogP contribution in [0, 0.1) is 0 Å². The number of aliphatic imine (C=N–C) groups is 1. The van der Waals surface area contributed by atoms with Crippen molar-refractivity contribution in [1.82, 2.24) is 15.3 Å². The van der Waals surface area contributed by atoms with Gasteiger partial charge in [0.1, 0.15) is 5.82 Å². The Hall–Kier alpha value is -3.00. The Bertz CT molecular complexity index is 943. The number of ether oxygens (including phenoxy) is 1. The number of morpholine rings is 1. The highest BCUT2D eigenvalue weighted by Crippen LogP contribution is 2.37. The van der Waals surface area contributed by atoms with Crippen LogP contribution in [0.4, 0.5) is 16.3 Å². The number of hydrogen-bond donors (Lipinski definition) is 2. The highest BCUT2D eigenvalue weighted by atomic mass is 16.5. The van der Waals surface area contributed by atoms with Crippen LogP contribution in [0.2, 0.25) is 0 Å². The molecule has 0 bridgehead atoms. The van der Waals surface area contributed by atoms with Crippen molar-refractivity contribution in [3.8, 4) is 11.4 Å². The van der Waals surface area contributed by atoms with Crippen LogP contribution in [0.25, 0.3) is 11.4 Å². The summed E-state index contributed by atoms with van der Waals surface area (Å²) in [7, 11) is 0. The zero-order valence-corrected chi connectivity index (χ0v) is 17.7. The Morgan fingerprint density at radius 1 is 1.23 bits per heavy atom. The highest BCUT2D eigenvalue weighted by Gasteiger charge is 2.30. The van der Waals surface area contributed by atoms with Gasteiger partial charge in [0.05, 0.1) is 31.0 Å². The van der Waals surface area contributed by atoms with Gasteiger partial charge >= 0.3 is 6.03 Å². The number of aromatic nitrogens is 2. The predicted molar refractivity (Wildman–Crippen MR) is 118 cm³/mol. The number of nitrogens with zero attached hydrogens (tertiary/aromatic N) is 4. The molecular formula is C22H28N6O2. The fraction of sp³-hybridized carbons (Fsp3) is 0.455. The number of hydrogen-bond acceptors (Lipinski definition) is 6. The first-order chi connectivity index (χ1) is 14.6. The Kier molecular flexibility index (Phi) is 5.94. The zero-order valence-electron chi connectivity index (χ0n) is 17.7. The quantitative estimate of drug-likeness (QED) is 0.791. The number of anilines is 2. The second-order valence-corrected chi connectivity index (χ2v) is 7.55. The van der Waals surface area contributed by atoms with E-state index in [1.807, 2.05) is 37.4 Å². The molecule has 1 aromatic carbocycles. The van der Waals surface area contributed by atoms with Gasteiger partial charge < -0.3 is 20.3 Å². The number of fused-ring (bicyclic) bond motifs is 1. The highest BCUT2D eigenvalue weighted by molar-refractivity contribution is 5.89. The average molecular weight is 409 g/mol. The van der Waals surface area contributed by atoms with Gasteiger partial charge in [-0.1, -0.05) is 6.92 Å². The summed E-state index contributed by atoms with van der Waals surface area (Å²) < 4.78 is 5.63. The molecule has 2 amide bonds. The fourth-order valence-corrected chi connectivity index (χ4v) is 3.87. The van der Waals surface area contributed by atoms with Gasteiger partial charge in [-0.05, 0) is 44.5 Å². The van der Waals surface area contributed by atoms with Gasteiger partial charge in [0, 0.05) is 36.1 Å². The van der Waals surface area contributed by atoms with Gasteiger partial charge in [-0.3, -0.25) is 4.99 Å². The maximum Gasteiger partial charge on any atom is 0.319 e. The van der Waals surface area contributed by atoms with Gasteiger partial charge in [0.2, 0.25) is 0 Å². The number of amides is 2. The molecule has 8 heteroatoms. The Labute approximate surface area is 176 Å². The summed E-state index contributed by atoms with van der Waals surface area (Å²) >= 11 is 0. The van der Waals surface area contributed by atoms with Gasteiger partial charge in [0.15, 0.2) is 5.82 Å². The molecule has 4 rings (SSSR count). The fourth-order valence-electron chi connectivity index (χ4n) is 3.87. The van der Waals surface area contributed by atoms with Crippen LogP contribution in [-0.2, 0) is 4.74 Å². The lowest BCUT2D eigenvalue weighted by Crippen LogP contribution is -2.44. The molecule has 30 heavy (non-hydrogen) atoms. The molecule has 2 aromatic rings. The molecule has 2 N–H and O–H groups in total. The SMILES string of the molecule is CCNC(=O)Nc1ccc(-c2nc3c(c(N4CCOCC4C)n2)[C@H](CC)N=C3)cc1. The van der Waals surface area contributed by atoms with E-state index in [0.29, 0.717) is 25.6 Å². The number of urea groups is 1. The molecule has 3 heterocycles. The van der Waals surface area contributed by atoms with E-state index in [4.69, 9.17) is 14.7 Å². The minimum absolute atomic E-state index is 0.0998. The van der Waals surface area contributed by atoms with E-state index < -0.39 is 0 Å². The zero-order chi connectivity index (χ0) is 21.1. The molecule has 2 aliphatic heterocycles. The summed E-state index contributed by atoms with van der Waals surface area (Å²) in [5, 5.41) is 5.53. The van der Waals surface area contributed by atoms with Crippen molar-refractivity contribution in [3.63, 3.8) is 0 Å². The van der Waals surface area contributed by atoms with Crippen molar-refractivity contribution in [3.05, 3.63) is 35.5 Å². The summed E-state index contributed by atoms with van der Waals surface area (Å²) in [6, 6.07) is 7.71. The van der Waals surface area contributed by atoms with Crippen molar-refractivity contribution in [2.45, 2.75) is 39.3 Å². The maximum atomic E-state index is 11.7. The van der Waals surface area contributed by atoms with Crippen molar-refractivity contribution in [1.29, 1.82) is 0 Å². The third-order valence-electron chi connectivity index (χ3n) is 5.43. The van der Waals surface area contributed by atoms with E-state index in [1.165, 1.54) is 0 Å². The standard InChI is InChI=1S/C22H28N6O2/c1-4-17-19-18(12-24-17)26-20(27-21(19)28-10-11-30-13-14(28)3)15-6-8-16(9-7-15)25-22(29)23-5-2/h6-9,12,14,17H,4-5,10-11,13H2,1-3H3,(H2,23,25,29)/t14?,17-/m0/s1. The molecule has 0 saturated carbocycles. The van der Waals surface area contributed by atoms with Crippen LogP contribution in [-0.4, -0.2) is 54.6 Å². The van der Waals surface area contributed by atoms with E-state index in [1.54, 1.807) is 0 Å². The minimum Gasteiger partial charge on any atom is -0.377 e. The van der Waals surface area contributed by atoms with Crippen molar-refractivity contribution in [2.24, 2.45) is 4.99 Å². The molecule has 1 fully saturated rings. The average Bonchev–Trinajstić information content (AvgIpc) is 3.17. The molecule has 0 spiro atoms. The normalized spacial score (nSPS) is 20.2. The van der Waals surface area contributed by atoms with Crippen LogP contribution in [0.5, 0.6) is 0 Å². The smallest absolute Gasteiger partial charge is 0.319 e. The van der Waals surface area contributed by atoms with Crippen LogP contribution >= 0.6 is 0 Å². The minimum atomic E-state index is -0.218. The van der Waals surface area contributed by atoms with Crippen molar-refractivity contribution >= 4 is 23.8 Å². The Balaban J connectivity index is 1.68. The molecule has 0 aliphatic carbocycles. The molecule has 158 valence electrons. The topological polar surface area (TPSA) is 91.7 Å². The molecule has 2 aliphatic rings. The lowest BCUT2D eigenvalue weighted by Gasteiger charge is -2.36. The third kappa shape index (κ3) is 4.00. The summed E-state index contributed by atoms with van der Waals surface area (Å²) in [6.07, 6.45) is 2.78. The van der Waals surface area contributed by atoms with Crippen LogP contribution in [0.1, 0.15) is 44.5 Å². The third-order valence-corrected chi connectivity index (χ3v) is 5.43. The second kappa shape index (κ2) is 8.79. The van der Waals surface area contributed by atoms with Crippen molar-refractivity contribution in [2.75, 3.05) is 36.5 Å². The van der Waals surface area contributed by atoms with Crippen molar-refractivity contribution < 1.29 is 9.53 Å². The first-order valence-electron chi connectivity index (χ1n) is 10.6. The number of carbonyl (C=O) groups excluding carboxylic acids is 1. The molecule has 8 nitrogen and oxygen atoms in total. The van der Waals surface area contributed by atoms with Gasteiger partial charge in [-0.25, -0.2) is 14.8 Å². The molecule has 1 saturated heterocycles. The number of benzene rings is 1. The Morgan fingerprint density at radius 2 is 2.03 bits per heavy atom. The van der Waals surface area contributed by atoms with E-state index in [-0.39, 0.29) is 18.1 Å². The van der Waals surface area contributed by atoms with Gasteiger partial charge in [-0.2, -0.15) is 0 Å². The molecule has 1 aromatic heterocycles. The number of carbonyl (C=O) groups is 1. The van der Waals surface area contributed by atoms with E-state index in [9.17, 15) is 4.79 Å². The lowest BCUT2D eigenvalue weighted by molar-refractivity contribution is 0.0984. The summed E-state index contributed by atoms with van der Waals surface area (Å²) in [5.41, 5.74) is 3.63. The largest absolute Gasteiger partial charge is 0.377 e. The van der Waals surface area contributed by atoms with E-state index in [0.717, 1.165) is 41.3 Å². The molecule has 0 radical (unpaired) electrons. The second-order valence-electron chi connectivity index (χ2n) is 7.55. The first-order valence-corrected chi connectivity index (χ1v) is 10.6. The monoisotopic (exact) mass is 408 g/mol. The van der Waals surface area contributed by atoms with E-state index >= 15 is 0 Å². The summed E-state index contributed by atoms with van der Waals surface area (Å²) in [6.45, 7) is 8.94. The van der Waals surface area contributed by atoms with Crippen LogP contribution in [0.3, 0.4) is 0 Å². The molecule has 1 unspecified atom stereocenters. The first kappa shape index (κ1) is 20.3. The summed E-state index contributed by atoms with van der Waals surface area (Å²) in [4.78, 5) is 28.5. The van der Waals surface area contributed by atoms with Gasteiger partial charge in [0.25, 0.3) is 0 Å². The van der Waals surface area contributed by atoms with Crippen LogP contribution in [0.15, 0.2) is 29.3 Å². The van der Waals surface area contributed by atoms with E-state index in [2.05, 4.69) is 34.4 Å².